The first-order chi connectivity index (χ1) is 13.8. The minimum Gasteiger partial charge on any atom is -0.360 e. The molecular formula is C21H25ClN6. The van der Waals surface area contributed by atoms with Gasteiger partial charge in [0.2, 0.25) is 5.95 Å². The number of hydrazine groups is 1. The largest absolute Gasteiger partial charge is 0.360 e. The van der Waals surface area contributed by atoms with Crippen molar-refractivity contribution in [2.75, 3.05) is 31.5 Å². The molecule has 1 aromatic carbocycles. The third-order valence-corrected chi connectivity index (χ3v) is 6.10. The molecule has 1 unspecified atom stereocenters. The van der Waals surface area contributed by atoms with E-state index in [0.29, 0.717) is 17.0 Å². The van der Waals surface area contributed by atoms with E-state index in [1.165, 1.54) is 32.4 Å². The summed E-state index contributed by atoms with van der Waals surface area (Å²) in [6, 6.07) is 8.55. The molecule has 5 rings (SSSR count). The Kier molecular flexibility index (Phi) is 4.93. The number of H-pyrrole nitrogens is 1. The summed E-state index contributed by atoms with van der Waals surface area (Å²) in [7, 11) is 0. The van der Waals surface area contributed by atoms with Crippen molar-refractivity contribution >= 4 is 28.5 Å². The highest BCUT2D eigenvalue weighted by molar-refractivity contribution is 6.33. The number of nitrogens with zero attached hydrogens (tertiary/aromatic N) is 4. The van der Waals surface area contributed by atoms with E-state index in [2.05, 4.69) is 37.4 Å². The Balaban J connectivity index is 1.34. The number of piperidine rings is 1. The van der Waals surface area contributed by atoms with Crippen LogP contribution in [0.2, 0.25) is 5.02 Å². The molecule has 1 atom stereocenters. The highest BCUT2D eigenvalue weighted by atomic mass is 35.5. The number of rotatable bonds is 4. The van der Waals surface area contributed by atoms with E-state index in [-0.39, 0.29) is 0 Å². The molecule has 0 aliphatic carbocycles. The van der Waals surface area contributed by atoms with Crippen molar-refractivity contribution in [2.45, 2.75) is 31.7 Å². The highest BCUT2D eigenvalue weighted by Crippen LogP contribution is 2.32. The fourth-order valence-electron chi connectivity index (χ4n) is 4.35. The van der Waals surface area contributed by atoms with Crippen LogP contribution in [0.3, 0.4) is 0 Å². The first-order valence-electron chi connectivity index (χ1n) is 10.1. The molecule has 0 bridgehead atoms. The molecule has 2 aliphatic heterocycles. The number of benzene rings is 1. The lowest BCUT2D eigenvalue weighted by Gasteiger charge is -2.34. The van der Waals surface area contributed by atoms with Crippen molar-refractivity contribution in [3.63, 3.8) is 0 Å². The van der Waals surface area contributed by atoms with Gasteiger partial charge in [0.1, 0.15) is 0 Å². The number of fused-ring (bicyclic) bond motifs is 1. The van der Waals surface area contributed by atoms with Crippen LogP contribution in [-0.2, 0) is 0 Å². The molecule has 3 aromatic rings. The number of aromatic amines is 1. The van der Waals surface area contributed by atoms with Crippen LogP contribution in [0.25, 0.3) is 22.2 Å². The van der Waals surface area contributed by atoms with Crippen molar-refractivity contribution in [3.8, 4) is 11.3 Å². The Morgan fingerprint density at radius 3 is 2.82 bits per heavy atom. The van der Waals surface area contributed by atoms with Crippen molar-refractivity contribution in [1.29, 1.82) is 0 Å². The van der Waals surface area contributed by atoms with Crippen LogP contribution >= 0.6 is 11.6 Å². The number of nitrogens with one attached hydrogen (secondary N) is 2. The van der Waals surface area contributed by atoms with Gasteiger partial charge in [-0.3, -0.25) is 0 Å². The zero-order valence-corrected chi connectivity index (χ0v) is 16.6. The first-order valence-corrected chi connectivity index (χ1v) is 10.5. The predicted octanol–water partition coefficient (Wildman–Crippen LogP) is 4.17. The molecule has 6 nitrogen and oxygen atoms in total. The Morgan fingerprint density at radius 2 is 1.93 bits per heavy atom. The summed E-state index contributed by atoms with van der Waals surface area (Å²) in [5.74, 6) is 0.648. The fourth-order valence-corrected chi connectivity index (χ4v) is 4.55. The number of halogens is 1. The predicted molar refractivity (Wildman–Crippen MR) is 113 cm³/mol. The molecule has 4 heterocycles. The molecule has 28 heavy (non-hydrogen) atoms. The monoisotopic (exact) mass is 396 g/mol. The molecule has 2 aromatic heterocycles. The SMILES string of the molecule is Clc1cnc(NC2CCN(N3CCCCC3)C2)nc1-c1c[nH]c2ccccc12. The van der Waals surface area contributed by atoms with Crippen molar-refractivity contribution in [3.05, 3.63) is 41.7 Å². The summed E-state index contributed by atoms with van der Waals surface area (Å²) in [6.07, 6.45) is 8.75. The van der Waals surface area contributed by atoms with Gasteiger partial charge in [-0.1, -0.05) is 36.2 Å². The summed E-state index contributed by atoms with van der Waals surface area (Å²) in [5.41, 5.74) is 2.85. The topological polar surface area (TPSA) is 60.1 Å². The molecule has 0 amide bonds. The van der Waals surface area contributed by atoms with E-state index in [1.807, 2.05) is 18.3 Å². The Morgan fingerprint density at radius 1 is 1.07 bits per heavy atom. The summed E-state index contributed by atoms with van der Waals surface area (Å²) in [5, 5.41) is 10.2. The molecule has 146 valence electrons. The zero-order chi connectivity index (χ0) is 18.9. The van der Waals surface area contributed by atoms with Crippen molar-refractivity contribution in [1.82, 2.24) is 25.0 Å². The Labute approximate surface area is 169 Å². The quantitative estimate of drug-likeness (QED) is 0.693. The van der Waals surface area contributed by atoms with E-state index < -0.39 is 0 Å². The number of hydrogen-bond donors (Lipinski definition) is 2. The minimum absolute atomic E-state index is 0.360. The van der Waals surface area contributed by atoms with Gasteiger partial charge in [0.15, 0.2) is 0 Å². The maximum Gasteiger partial charge on any atom is 0.223 e. The van der Waals surface area contributed by atoms with Crippen LogP contribution in [0.1, 0.15) is 25.7 Å². The molecule has 0 radical (unpaired) electrons. The summed E-state index contributed by atoms with van der Waals surface area (Å²) in [4.78, 5) is 12.5. The van der Waals surface area contributed by atoms with Gasteiger partial charge in [-0.25, -0.2) is 20.0 Å². The summed E-state index contributed by atoms with van der Waals surface area (Å²) in [6.45, 7) is 4.48. The number of hydrogen-bond acceptors (Lipinski definition) is 5. The number of anilines is 1. The van der Waals surface area contributed by atoms with Crippen LogP contribution < -0.4 is 5.32 Å². The van der Waals surface area contributed by atoms with Gasteiger partial charge < -0.3 is 10.3 Å². The van der Waals surface area contributed by atoms with E-state index in [9.17, 15) is 0 Å². The standard InChI is InChI=1S/C21H25ClN6/c22-18-13-24-21(25-15-8-11-28(14-15)27-9-4-1-5-10-27)26-20(18)17-12-23-19-7-3-2-6-16(17)19/h2-3,6-7,12-13,15,23H,1,4-5,8-11,14H2,(H,24,25,26). The molecule has 2 fully saturated rings. The van der Waals surface area contributed by atoms with Crippen LogP contribution in [0.4, 0.5) is 5.95 Å². The molecular weight excluding hydrogens is 372 g/mol. The second-order valence-electron chi connectivity index (χ2n) is 7.69. The summed E-state index contributed by atoms with van der Waals surface area (Å²) < 4.78 is 0. The average molecular weight is 397 g/mol. The van der Waals surface area contributed by atoms with Crippen LogP contribution in [0.15, 0.2) is 36.7 Å². The Hall–Kier alpha value is -2.15. The van der Waals surface area contributed by atoms with Crippen molar-refractivity contribution in [2.24, 2.45) is 0 Å². The van der Waals surface area contributed by atoms with Gasteiger partial charge >= 0.3 is 0 Å². The van der Waals surface area contributed by atoms with E-state index in [1.54, 1.807) is 6.20 Å². The van der Waals surface area contributed by atoms with Gasteiger partial charge in [-0.15, -0.1) is 0 Å². The molecule has 2 saturated heterocycles. The lowest BCUT2D eigenvalue weighted by molar-refractivity contribution is -0.0193. The molecule has 0 saturated carbocycles. The van der Waals surface area contributed by atoms with Crippen molar-refractivity contribution < 1.29 is 0 Å². The van der Waals surface area contributed by atoms with E-state index in [4.69, 9.17) is 16.6 Å². The van der Waals surface area contributed by atoms with Gasteiger partial charge in [-0.2, -0.15) is 0 Å². The smallest absolute Gasteiger partial charge is 0.223 e. The first kappa shape index (κ1) is 17.9. The van der Waals surface area contributed by atoms with Crippen LogP contribution in [0.5, 0.6) is 0 Å². The van der Waals surface area contributed by atoms with E-state index in [0.717, 1.165) is 41.7 Å². The maximum absolute atomic E-state index is 6.45. The lowest BCUT2D eigenvalue weighted by Crippen LogP contribution is -2.45. The minimum atomic E-state index is 0.360. The van der Waals surface area contributed by atoms with Gasteiger partial charge in [0.05, 0.1) is 16.9 Å². The maximum atomic E-state index is 6.45. The number of para-hydroxylation sites is 1. The second kappa shape index (κ2) is 7.70. The Bertz CT molecular complexity index is 964. The normalized spacial score (nSPS) is 21.4. The second-order valence-corrected chi connectivity index (χ2v) is 8.10. The van der Waals surface area contributed by atoms with Gasteiger partial charge in [0.25, 0.3) is 0 Å². The zero-order valence-electron chi connectivity index (χ0n) is 15.9. The molecule has 0 spiro atoms. The fraction of sp³-hybridized carbons (Fsp3) is 0.429. The molecule has 2 aliphatic rings. The average Bonchev–Trinajstić information content (AvgIpc) is 3.37. The summed E-state index contributed by atoms with van der Waals surface area (Å²) >= 11 is 6.45. The third-order valence-electron chi connectivity index (χ3n) is 5.82. The lowest BCUT2D eigenvalue weighted by atomic mass is 10.1. The van der Waals surface area contributed by atoms with Gasteiger partial charge in [0, 0.05) is 54.9 Å². The van der Waals surface area contributed by atoms with Gasteiger partial charge in [-0.05, 0) is 25.3 Å². The van der Waals surface area contributed by atoms with E-state index >= 15 is 0 Å². The van der Waals surface area contributed by atoms with Crippen LogP contribution in [-0.4, -0.2) is 57.2 Å². The number of aromatic nitrogens is 3. The molecule has 2 N–H and O–H groups in total. The van der Waals surface area contributed by atoms with Crippen LogP contribution in [0, 0.1) is 0 Å². The highest BCUT2D eigenvalue weighted by Gasteiger charge is 2.28. The third kappa shape index (κ3) is 3.48. The molecule has 7 heteroatoms.